The lowest BCUT2D eigenvalue weighted by Gasteiger charge is -2.36. The zero-order valence-electron chi connectivity index (χ0n) is 18.1. The van der Waals surface area contributed by atoms with Crippen LogP contribution in [0.5, 0.6) is 0 Å². The molecule has 164 valence electrons. The topological polar surface area (TPSA) is 86.4 Å². The Labute approximate surface area is 178 Å². The average molecular weight is 415 g/mol. The lowest BCUT2D eigenvalue weighted by atomic mass is 9.99. The molecule has 1 saturated carbocycles. The molecule has 2 aliphatic heterocycles. The molecule has 2 amide bonds. The highest BCUT2D eigenvalue weighted by Gasteiger charge is 2.32. The number of likely N-dealkylation sites (tertiary alicyclic amines) is 1. The maximum absolute atomic E-state index is 12.9. The first-order chi connectivity index (χ1) is 14.6. The van der Waals surface area contributed by atoms with Crippen LogP contribution in [0.2, 0.25) is 0 Å². The van der Waals surface area contributed by atoms with Crippen molar-refractivity contribution in [1.29, 1.82) is 0 Å². The van der Waals surface area contributed by atoms with Gasteiger partial charge in [0.05, 0.1) is 23.8 Å². The van der Waals surface area contributed by atoms with Crippen molar-refractivity contribution in [1.82, 2.24) is 19.8 Å². The summed E-state index contributed by atoms with van der Waals surface area (Å²) < 4.78 is 0. The molecule has 4 rings (SSSR count). The molecule has 0 radical (unpaired) electrons. The van der Waals surface area contributed by atoms with E-state index in [1.807, 2.05) is 16.7 Å². The molecule has 1 aromatic heterocycles. The maximum Gasteiger partial charge on any atom is 0.256 e. The summed E-state index contributed by atoms with van der Waals surface area (Å²) in [6, 6.07) is -0.141. The number of fused-ring (bicyclic) bond motifs is 1. The molecule has 3 heterocycles. The highest BCUT2D eigenvalue weighted by atomic mass is 16.2. The number of aromatic nitrogens is 2. The van der Waals surface area contributed by atoms with Gasteiger partial charge >= 0.3 is 0 Å². The first kappa shape index (κ1) is 21.1. The Bertz CT molecular complexity index is 843. The van der Waals surface area contributed by atoms with Crippen molar-refractivity contribution < 1.29 is 9.59 Å². The summed E-state index contributed by atoms with van der Waals surface area (Å²) >= 11 is 0. The number of H-pyrrole nitrogens is 1. The molecule has 0 bridgehead atoms. The third-order valence-electron chi connectivity index (χ3n) is 6.98. The van der Waals surface area contributed by atoms with Gasteiger partial charge in [0.2, 0.25) is 11.8 Å². The van der Waals surface area contributed by atoms with E-state index in [1.54, 1.807) is 0 Å². The second-order valence-electron chi connectivity index (χ2n) is 9.15. The molecule has 3 aliphatic rings. The van der Waals surface area contributed by atoms with Crippen LogP contribution in [0.25, 0.3) is 0 Å². The molecular weight excluding hydrogens is 380 g/mol. The Morgan fingerprint density at radius 3 is 2.60 bits per heavy atom. The molecule has 1 saturated heterocycles. The smallest absolute Gasteiger partial charge is 0.256 e. The number of carbonyl (C=O) groups is 2. The minimum absolute atomic E-state index is 0.141. The molecule has 0 spiro atoms. The van der Waals surface area contributed by atoms with Crippen LogP contribution in [-0.2, 0) is 22.6 Å². The van der Waals surface area contributed by atoms with Gasteiger partial charge in [-0.05, 0) is 44.4 Å². The first-order valence-corrected chi connectivity index (χ1v) is 11.8. The van der Waals surface area contributed by atoms with Gasteiger partial charge < -0.3 is 14.8 Å². The number of aromatic amines is 1. The van der Waals surface area contributed by atoms with E-state index in [-0.39, 0.29) is 23.4 Å². The molecule has 1 N–H and O–H groups in total. The molecule has 1 aliphatic carbocycles. The van der Waals surface area contributed by atoms with E-state index in [0.717, 1.165) is 50.8 Å². The summed E-state index contributed by atoms with van der Waals surface area (Å²) in [4.78, 5) is 49.7. The molecule has 2 fully saturated rings. The number of rotatable bonds is 5. The van der Waals surface area contributed by atoms with Crippen LogP contribution < -0.4 is 5.56 Å². The van der Waals surface area contributed by atoms with E-state index < -0.39 is 0 Å². The van der Waals surface area contributed by atoms with E-state index in [4.69, 9.17) is 4.98 Å². The van der Waals surface area contributed by atoms with Gasteiger partial charge in [0.15, 0.2) is 0 Å². The summed E-state index contributed by atoms with van der Waals surface area (Å²) in [7, 11) is 0. The Morgan fingerprint density at radius 1 is 1.07 bits per heavy atom. The number of hydrogen-bond donors (Lipinski definition) is 1. The van der Waals surface area contributed by atoms with Gasteiger partial charge in [0.1, 0.15) is 5.82 Å². The summed E-state index contributed by atoms with van der Waals surface area (Å²) in [6.45, 7) is 3.72. The van der Waals surface area contributed by atoms with Crippen LogP contribution in [0.1, 0.15) is 94.3 Å². The monoisotopic (exact) mass is 414 g/mol. The summed E-state index contributed by atoms with van der Waals surface area (Å²) in [6.07, 6.45) is 10.2. The van der Waals surface area contributed by atoms with Crippen LogP contribution in [0.15, 0.2) is 4.79 Å². The SMILES string of the molecule is CCCC(=O)N1CCCC[C@H]1c1nc2c(c(=O)[nH]1)CN(C(=O)CC1CCCC1)CC2. The highest BCUT2D eigenvalue weighted by Crippen LogP contribution is 2.31. The van der Waals surface area contributed by atoms with Gasteiger partial charge in [-0.15, -0.1) is 0 Å². The van der Waals surface area contributed by atoms with Gasteiger partial charge in [0, 0.05) is 32.4 Å². The lowest BCUT2D eigenvalue weighted by Crippen LogP contribution is -2.42. The fourth-order valence-corrected chi connectivity index (χ4v) is 5.28. The highest BCUT2D eigenvalue weighted by molar-refractivity contribution is 5.77. The first-order valence-electron chi connectivity index (χ1n) is 11.8. The van der Waals surface area contributed by atoms with Crippen LogP contribution in [-0.4, -0.2) is 44.7 Å². The van der Waals surface area contributed by atoms with Gasteiger partial charge in [-0.3, -0.25) is 14.4 Å². The molecular formula is C23H34N4O3. The van der Waals surface area contributed by atoms with Gasteiger partial charge in [-0.25, -0.2) is 4.98 Å². The number of nitrogens with one attached hydrogen (secondary N) is 1. The predicted molar refractivity (Wildman–Crippen MR) is 114 cm³/mol. The van der Waals surface area contributed by atoms with E-state index in [2.05, 4.69) is 4.98 Å². The van der Waals surface area contributed by atoms with Crippen molar-refractivity contribution in [2.24, 2.45) is 5.92 Å². The van der Waals surface area contributed by atoms with Crippen LogP contribution in [0.3, 0.4) is 0 Å². The van der Waals surface area contributed by atoms with Gasteiger partial charge in [-0.2, -0.15) is 0 Å². The average Bonchev–Trinajstić information content (AvgIpc) is 3.26. The summed E-state index contributed by atoms with van der Waals surface area (Å²) in [5.74, 6) is 1.44. The number of piperidine rings is 1. The third kappa shape index (κ3) is 4.44. The Kier molecular flexibility index (Phi) is 6.54. The predicted octanol–water partition coefficient (Wildman–Crippen LogP) is 3.09. The molecule has 1 aromatic rings. The van der Waals surface area contributed by atoms with Crippen LogP contribution >= 0.6 is 0 Å². The van der Waals surface area contributed by atoms with Crippen molar-refractivity contribution in [3.05, 3.63) is 27.4 Å². The lowest BCUT2D eigenvalue weighted by molar-refractivity contribution is -0.135. The minimum Gasteiger partial charge on any atom is -0.338 e. The quantitative estimate of drug-likeness (QED) is 0.802. The molecule has 7 nitrogen and oxygen atoms in total. The van der Waals surface area contributed by atoms with Crippen molar-refractivity contribution in [2.45, 2.75) is 90.1 Å². The number of carbonyl (C=O) groups excluding carboxylic acids is 2. The van der Waals surface area contributed by atoms with E-state index in [9.17, 15) is 14.4 Å². The zero-order chi connectivity index (χ0) is 21.1. The minimum atomic E-state index is -0.151. The van der Waals surface area contributed by atoms with Crippen LogP contribution in [0.4, 0.5) is 0 Å². The molecule has 30 heavy (non-hydrogen) atoms. The van der Waals surface area contributed by atoms with Gasteiger partial charge in [0.25, 0.3) is 5.56 Å². The van der Waals surface area contributed by atoms with Crippen molar-refractivity contribution >= 4 is 11.8 Å². The normalized spacial score (nSPS) is 22.2. The third-order valence-corrected chi connectivity index (χ3v) is 6.98. The fraction of sp³-hybridized carbons (Fsp3) is 0.739. The Hall–Kier alpha value is -2.18. The van der Waals surface area contributed by atoms with Gasteiger partial charge in [-0.1, -0.05) is 19.8 Å². The Balaban J connectivity index is 1.50. The van der Waals surface area contributed by atoms with E-state index in [1.165, 1.54) is 12.8 Å². The second-order valence-corrected chi connectivity index (χ2v) is 9.15. The van der Waals surface area contributed by atoms with Crippen molar-refractivity contribution in [2.75, 3.05) is 13.1 Å². The van der Waals surface area contributed by atoms with E-state index >= 15 is 0 Å². The number of hydrogen-bond acceptors (Lipinski definition) is 4. The van der Waals surface area contributed by atoms with Crippen molar-refractivity contribution in [3.63, 3.8) is 0 Å². The zero-order valence-corrected chi connectivity index (χ0v) is 18.1. The molecule has 0 unspecified atom stereocenters. The Morgan fingerprint density at radius 2 is 1.83 bits per heavy atom. The number of amides is 2. The second kappa shape index (κ2) is 9.31. The number of nitrogens with zero attached hydrogens (tertiary/aromatic N) is 3. The molecule has 0 aromatic carbocycles. The largest absolute Gasteiger partial charge is 0.338 e. The summed E-state index contributed by atoms with van der Waals surface area (Å²) in [5.41, 5.74) is 1.26. The maximum atomic E-state index is 12.9. The van der Waals surface area contributed by atoms with E-state index in [0.29, 0.717) is 49.7 Å². The fourth-order valence-electron chi connectivity index (χ4n) is 5.28. The molecule has 7 heteroatoms. The van der Waals surface area contributed by atoms with Crippen molar-refractivity contribution in [3.8, 4) is 0 Å². The summed E-state index contributed by atoms with van der Waals surface area (Å²) in [5, 5.41) is 0. The standard InChI is InChI=1S/C23H34N4O3/c1-2-7-20(28)27-12-6-5-10-19(27)22-24-18-11-13-26(15-17(18)23(30)25-22)21(29)14-16-8-3-4-9-16/h16,19H,2-15H2,1H3,(H,24,25,30)/t19-/m0/s1. The van der Waals surface area contributed by atoms with Crippen LogP contribution in [0, 0.1) is 5.92 Å². The molecule has 1 atom stereocenters.